The minimum Gasteiger partial charge on any atom is -0.397 e. The van der Waals surface area contributed by atoms with Gasteiger partial charge in [-0.05, 0) is 38.0 Å². The summed E-state index contributed by atoms with van der Waals surface area (Å²) in [7, 11) is 0. The molecule has 0 heterocycles. The third kappa shape index (κ3) is 3.98. The quantitative estimate of drug-likeness (QED) is 0.679. The highest BCUT2D eigenvalue weighted by Gasteiger charge is 2.04. The van der Waals surface area contributed by atoms with Crippen molar-refractivity contribution >= 4 is 23.0 Å². The van der Waals surface area contributed by atoms with E-state index in [1.807, 2.05) is 6.07 Å². The lowest BCUT2D eigenvalue weighted by molar-refractivity contribution is 0.282. The van der Waals surface area contributed by atoms with Crippen molar-refractivity contribution in [3.05, 3.63) is 23.2 Å². The second-order valence-corrected chi connectivity index (χ2v) is 4.08. The van der Waals surface area contributed by atoms with Gasteiger partial charge >= 0.3 is 0 Å². The second-order valence-electron chi connectivity index (χ2n) is 3.64. The number of hydrogen-bond donors (Lipinski definition) is 3. The van der Waals surface area contributed by atoms with Gasteiger partial charge in [0.2, 0.25) is 0 Å². The lowest BCUT2D eigenvalue weighted by Gasteiger charge is -2.16. The third-order valence-corrected chi connectivity index (χ3v) is 2.45. The Morgan fingerprint density at radius 3 is 2.87 bits per heavy atom. The molecule has 1 aromatic rings. The van der Waals surface area contributed by atoms with E-state index in [9.17, 15) is 0 Å². The average molecular weight is 229 g/mol. The van der Waals surface area contributed by atoms with E-state index >= 15 is 0 Å². The fourth-order valence-electron chi connectivity index (χ4n) is 1.40. The van der Waals surface area contributed by atoms with Crippen molar-refractivity contribution in [2.45, 2.75) is 25.8 Å². The molecule has 15 heavy (non-hydrogen) atoms. The van der Waals surface area contributed by atoms with Gasteiger partial charge in [-0.3, -0.25) is 0 Å². The zero-order valence-corrected chi connectivity index (χ0v) is 9.59. The monoisotopic (exact) mass is 228 g/mol. The Balaban J connectivity index is 2.56. The van der Waals surface area contributed by atoms with Gasteiger partial charge in [-0.25, -0.2) is 0 Å². The van der Waals surface area contributed by atoms with Gasteiger partial charge in [0.25, 0.3) is 0 Å². The molecule has 0 spiro atoms. The smallest absolute Gasteiger partial charge is 0.0577 e. The molecular weight excluding hydrogens is 212 g/mol. The van der Waals surface area contributed by atoms with Gasteiger partial charge in [-0.1, -0.05) is 11.6 Å². The fraction of sp³-hybridized carbons (Fsp3) is 0.455. The molecule has 1 atom stereocenters. The molecule has 0 aliphatic rings. The first-order valence-electron chi connectivity index (χ1n) is 5.06. The summed E-state index contributed by atoms with van der Waals surface area (Å²) >= 11 is 5.80. The molecule has 4 N–H and O–H groups in total. The van der Waals surface area contributed by atoms with Gasteiger partial charge < -0.3 is 16.2 Å². The molecule has 0 radical (unpaired) electrons. The van der Waals surface area contributed by atoms with E-state index in [-0.39, 0.29) is 6.61 Å². The summed E-state index contributed by atoms with van der Waals surface area (Å²) in [5.74, 6) is 0. The minimum atomic E-state index is 0.224. The van der Waals surface area contributed by atoms with Crippen molar-refractivity contribution in [1.29, 1.82) is 0 Å². The molecule has 84 valence electrons. The highest BCUT2D eigenvalue weighted by Crippen LogP contribution is 2.23. The van der Waals surface area contributed by atoms with Gasteiger partial charge in [0.15, 0.2) is 0 Å². The molecule has 4 heteroatoms. The van der Waals surface area contributed by atoms with Gasteiger partial charge in [-0.2, -0.15) is 0 Å². The van der Waals surface area contributed by atoms with E-state index in [0.717, 1.165) is 18.5 Å². The molecule has 0 aromatic heterocycles. The lowest BCUT2D eigenvalue weighted by Crippen LogP contribution is -2.16. The van der Waals surface area contributed by atoms with Crippen molar-refractivity contribution < 1.29 is 5.11 Å². The van der Waals surface area contributed by atoms with Crippen molar-refractivity contribution in [3.8, 4) is 0 Å². The van der Waals surface area contributed by atoms with Crippen molar-refractivity contribution in [2.24, 2.45) is 0 Å². The maximum absolute atomic E-state index is 8.70. The predicted molar refractivity (Wildman–Crippen MR) is 65.3 cm³/mol. The fourth-order valence-corrected chi connectivity index (χ4v) is 1.58. The van der Waals surface area contributed by atoms with E-state index in [1.165, 1.54) is 0 Å². The number of aliphatic hydroxyl groups is 1. The number of nitrogens with one attached hydrogen (secondary N) is 1. The standard InChI is InChI=1S/C11H17ClN2O/c1-8(3-2-6-15)14-11-5-4-9(12)7-10(11)13/h4-5,7-8,14-15H,2-3,6,13H2,1H3. The Kier molecular flexibility index (Phi) is 4.72. The van der Waals surface area contributed by atoms with Crippen LogP contribution in [0.15, 0.2) is 18.2 Å². The summed E-state index contributed by atoms with van der Waals surface area (Å²) in [5.41, 5.74) is 7.35. The molecule has 0 amide bonds. The van der Waals surface area contributed by atoms with Crippen molar-refractivity contribution in [1.82, 2.24) is 0 Å². The average Bonchev–Trinajstić information content (AvgIpc) is 2.19. The van der Waals surface area contributed by atoms with Crippen LogP contribution in [0, 0.1) is 0 Å². The number of halogens is 1. The van der Waals surface area contributed by atoms with Gasteiger partial charge in [0.05, 0.1) is 11.4 Å². The Morgan fingerprint density at radius 2 is 2.27 bits per heavy atom. The predicted octanol–water partition coefficient (Wildman–Crippen LogP) is 2.50. The molecule has 0 fully saturated rings. The van der Waals surface area contributed by atoms with Crippen molar-refractivity contribution in [3.63, 3.8) is 0 Å². The van der Waals surface area contributed by atoms with Gasteiger partial charge in [0.1, 0.15) is 0 Å². The zero-order valence-electron chi connectivity index (χ0n) is 8.83. The first-order chi connectivity index (χ1) is 7.13. The number of aliphatic hydroxyl groups excluding tert-OH is 1. The molecule has 1 rings (SSSR count). The number of anilines is 2. The third-order valence-electron chi connectivity index (χ3n) is 2.21. The van der Waals surface area contributed by atoms with Crippen LogP contribution >= 0.6 is 11.6 Å². The van der Waals surface area contributed by atoms with E-state index in [4.69, 9.17) is 22.4 Å². The minimum absolute atomic E-state index is 0.224. The van der Waals surface area contributed by atoms with Crippen LogP contribution in [0.25, 0.3) is 0 Å². The second kappa shape index (κ2) is 5.83. The maximum atomic E-state index is 8.70. The molecule has 0 bridgehead atoms. The van der Waals surface area contributed by atoms with Crippen LogP contribution in [0.3, 0.4) is 0 Å². The largest absolute Gasteiger partial charge is 0.397 e. The number of rotatable bonds is 5. The SMILES string of the molecule is CC(CCCO)Nc1ccc(Cl)cc1N. The molecule has 0 saturated carbocycles. The topological polar surface area (TPSA) is 58.3 Å². The summed E-state index contributed by atoms with van der Waals surface area (Å²) in [4.78, 5) is 0. The van der Waals surface area contributed by atoms with Gasteiger partial charge in [0, 0.05) is 17.7 Å². The number of nitrogen functional groups attached to an aromatic ring is 1. The van der Waals surface area contributed by atoms with E-state index in [1.54, 1.807) is 12.1 Å². The summed E-state index contributed by atoms with van der Waals surface area (Å²) < 4.78 is 0. The zero-order chi connectivity index (χ0) is 11.3. The van der Waals surface area contributed by atoms with Crippen LogP contribution in [0.1, 0.15) is 19.8 Å². The molecule has 1 aromatic carbocycles. The summed E-state index contributed by atoms with van der Waals surface area (Å²) in [5, 5.41) is 12.6. The summed E-state index contributed by atoms with van der Waals surface area (Å²) in [6.07, 6.45) is 1.71. The van der Waals surface area contributed by atoms with E-state index in [2.05, 4.69) is 12.2 Å². The highest BCUT2D eigenvalue weighted by atomic mass is 35.5. The van der Waals surface area contributed by atoms with Crippen LogP contribution in [0.5, 0.6) is 0 Å². The van der Waals surface area contributed by atoms with Crippen LogP contribution in [-0.4, -0.2) is 17.8 Å². The Bertz CT molecular complexity index is 317. The van der Waals surface area contributed by atoms with Crippen LogP contribution in [0.2, 0.25) is 5.02 Å². The van der Waals surface area contributed by atoms with E-state index in [0.29, 0.717) is 16.8 Å². The summed E-state index contributed by atoms with van der Waals surface area (Å²) in [6.45, 7) is 2.28. The Morgan fingerprint density at radius 1 is 1.53 bits per heavy atom. The maximum Gasteiger partial charge on any atom is 0.0577 e. The Hall–Kier alpha value is -0.930. The van der Waals surface area contributed by atoms with Gasteiger partial charge in [-0.15, -0.1) is 0 Å². The molecule has 0 aliphatic heterocycles. The van der Waals surface area contributed by atoms with Crippen LogP contribution in [-0.2, 0) is 0 Å². The highest BCUT2D eigenvalue weighted by molar-refractivity contribution is 6.31. The lowest BCUT2D eigenvalue weighted by atomic mass is 10.1. The number of nitrogens with two attached hydrogens (primary N) is 1. The normalized spacial score (nSPS) is 12.5. The molecule has 0 saturated heterocycles. The van der Waals surface area contributed by atoms with Crippen molar-refractivity contribution in [2.75, 3.05) is 17.7 Å². The van der Waals surface area contributed by atoms with Crippen LogP contribution < -0.4 is 11.1 Å². The summed E-state index contributed by atoms with van der Waals surface area (Å²) in [6, 6.07) is 5.69. The van der Waals surface area contributed by atoms with E-state index < -0.39 is 0 Å². The number of hydrogen-bond acceptors (Lipinski definition) is 3. The Labute approximate surface area is 95.2 Å². The van der Waals surface area contributed by atoms with Crippen LogP contribution in [0.4, 0.5) is 11.4 Å². The molecular formula is C11H17ClN2O. The molecule has 3 nitrogen and oxygen atoms in total. The molecule has 1 unspecified atom stereocenters. The number of benzene rings is 1. The first kappa shape index (κ1) is 12.1. The first-order valence-corrected chi connectivity index (χ1v) is 5.43. The molecule has 0 aliphatic carbocycles.